The Bertz CT molecular complexity index is 166. The smallest absolute Gasteiger partial charge is 0.0700 e. The summed E-state index contributed by atoms with van der Waals surface area (Å²) in [6, 6.07) is 0. The minimum Gasteiger partial charge on any atom is -0.376 e. The van der Waals surface area contributed by atoms with E-state index in [9.17, 15) is 0 Å². The van der Waals surface area contributed by atoms with Gasteiger partial charge in [-0.3, -0.25) is 4.90 Å². The lowest BCUT2D eigenvalue weighted by Gasteiger charge is -2.33. The van der Waals surface area contributed by atoms with Crippen molar-refractivity contribution in [3.63, 3.8) is 0 Å². The molecule has 0 saturated carbocycles. The molecule has 1 aliphatic rings. The van der Waals surface area contributed by atoms with Gasteiger partial charge < -0.3 is 4.74 Å². The molecule has 0 aromatic carbocycles. The molecule has 0 aromatic rings. The summed E-state index contributed by atoms with van der Waals surface area (Å²) in [6.07, 6.45) is 4.16. The van der Waals surface area contributed by atoms with E-state index in [0.29, 0.717) is 6.10 Å². The van der Waals surface area contributed by atoms with Gasteiger partial charge in [-0.2, -0.15) is 12.6 Å². The maximum absolute atomic E-state index is 5.66. The van der Waals surface area contributed by atoms with Crippen LogP contribution in [0.5, 0.6) is 0 Å². The Balaban J connectivity index is 2.14. The molecule has 1 heterocycles. The molecule has 0 aliphatic carbocycles. The quantitative estimate of drug-likeness (QED) is 0.705. The summed E-state index contributed by atoms with van der Waals surface area (Å²) in [5, 5.41) is 0. The van der Waals surface area contributed by atoms with Gasteiger partial charge in [-0.25, -0.2) is 0 Å². The number of nitrogens with zero attached hydrogens (tertiary/aromatic N) is 1. The molecule has 2 nitrogen and oxygen atoms in total. The second kappa shape index (κ2) is 7.53. The molecule has 0 bridgehead atoms. The Hall–Kier alpha value is 0.270. The number of morpholine rings is 1. The minimum absolute atomic E-state index is 0.471. The highest BCUT2D eigenvalue weighted by molar-refractivity contribution is 7.80. The van der Waals surface area contributed by atoms with Crippen LogP contribution in [-0.4, -0.2) is 43.0 Å². The Morgan fingerprint density at radius 2 is 2.27 bits per heavy atom. The fourth-order valence-corrected chi connectivity index (χ4v) is 2.44. The summed E-state index contributed by atoms with van der Waals surface area (Å²) in [7, 11) is 0. The summed E-state index contributed by atoms with van der Waals surface area (Å²) in [5.74, 6) is 1.83. The van der Waals surface area contributed by atoms with Gasteiger partial charge >= 0.3 is 0 Å². The molecule has 90 valence electrons. The molecule has 1 fully saturated rings. The first kappa shape index (κ1) is 13.3. The van der Waals surface area contributed by atoms with Crippen LogP contribution >= 0.6 is 12.6 Å². The predicted molar refractivity (Wildman–Crippen MR) is 68.7 cm³/mol. The summed E-state index contributed by atoms with van der Waals surface area (Å²) in [5.41, 5.74) is 0. The minimum atomic E-state index is 0.471. The molecule has 2 atom stereocenters. The first-order chi connectivity index (χ1) is 7.26. The number of hydrogen-bond acceptors (Lipinski definition) is 3. The van der Waals surface area contributed by atoms with Crippen molar-refractivity contribution in [3.8, 4) is 0 Å². The van der Waals surface area contributed by atoms with E-state index in [1.54, 1.807) is 0 Å². The van der Waals surface area contributed by atoms with Crippen molar-refractivity contribution in [2.24, 2.45) is 5.92 Å². The molecular formula is C12H25NOS. The van der Waals surface area contributed by atoms with Crippen LogP contribution in [0, 0.1) is 5.92 Å². The maximum Gasteiger partial charge on any atom is 0.0700 e. The summed E-state index contributed by atoms with van der Waals surface area (Å²) in [6.45, 7) is 8.92. The molecule has 0 spiro atoms. The fourth-order valence-electron chi connectivity index (χ4n) is 2.00. The number of ether oxygens (including phenoxy) is 1. The summed E-state index contributed by atoms with van der Waals surface area (Å²) < 4.78 is 5.66. The second-order valence-corrected chi connectivity index (χ2v) is 5.05. The first-order valence-corrected chi connectivity index (χ1v) is 6.84. The van der Waals surface area contributed by atoms with Crippen LogP contribution in [0.4, 0.5) is 0 Å². The van der Waals surface area contributed by atoms with Gasteiger partial charge in [0, 0.05) is 13.1 Å². The molecular weight excluding hydrogens is 206 g/mol. The van der Waals surface area contributed by atoms with E-state index in [-0.39, 0.29) is 0 Å². The van der Waals surface area contributed by atoms with Crippen molar-refractivity contribution < 1.29 is 4.74 Å². The van der Waals surface area contributed by atoms with E-state index in [1.807, 2.05) is 0 Å². The van der Waals surface area contributed by atoms with Crippen molar-refractivity contribution in [2.75, 3.05) is 32.0 Å². The molecule has 1 rings (SSSR count). The van der Waals surface area contributed by atoms with E-state index in [2.05, 4.69) is 31.4 Å². The SMILES string of the molecule is CCC1CN(CCC(C)CCS)CCO1. The Morgan fingerprint density at radius 3 is 2.93 bits per heavy atom. The molecule has 0 radical (unpaired) electrons. The molecule has 0 amide bonds. The lowest BCUT2D eigenvalue weighted by Crippen LogP contribution is -2.42. The van der Waals surface area contributed by atoms with E-state index < -0.39 is 0 Å². The zero-order valence-electron chi connectivity index (χ0n) is 10.1. The highest BCUT2D eigenvalue weighted by Gasteiger charge is 2.18. The number of rotatable bonds is 6. The highest BCUT2D eigenvalue weighted by atomic mass is 32.1. The van der Waals surface area contributed by atoms with E-state index in [4.69, 9.17) is 4.74 Å². The van der Waals surface area contributed by atoms with Gasteiger partial charge in [-0.05, 0) is 37.5 Å². The lowest BCUT2D eigenvalue weighted by molar-refractivity contribution is -0.0308. The Morgan fingerprint density at radius 1 is 1.47 bits per heavy atom. The van der Waals surface area contributed by atoms with Crippen molar-refractivity contribution in [1.82, 2.24) is 4.90 Å². The molecule has 0 aromatic heterocycles. The van der Waals surface area contributed by atoms with Crippen LogP contribution in [0.3, 0.4) is 0 Å². The maximum atomic E-state index is 5.66. The van der Waals surface area contributed by atoms with Crippen LogP contribution in [0.15, 0.2) is 0 Å². The monoisotopic (exact) mass is 231 g/mol. The largest absolute Gasteiger partial charge is 0.376 e. The molecule has 0 N–H and O–H groups in total. The standard InChI is InChI=1S/C12H25NOS/c1-3-12-10-13(7-8-14-12)6-4-11(2)5-9-15/h11-12,15H,3-10H2,1-2H3. The second-order valence-electron chi connectivity index (χ2n) is 4.61. The number of hydrogen-bond donors (Lipinski definition) is 1. The van der Waals surface area contributed by atoms with Crippen molar-refractivity contribution in [2.45, 2.75) is 39.2 Å². The van der Waals surface area contributed by atoms with Gasteiger partial charge in [0.05, 0.1) is 12.7 Å². The topological polar surface area (TPSA) is 12.5 Å². The van der Waals surface area contributed by atoms with E-state index in [1.165, 1.54) is 19.4 Å². The molecule has 1 saturated heterocycles. The van der Waals surface area contributed by atoms with Gasteiger partial charge in [0.25, 0.3) is 0 Å². The third-order valence-electron chi connectivity index (χ3n) is 3.24. The van der Waals surface area contributed by atoms with Gasteiger partial charge in [0.1, 0.15) is 0 Å². The van der Waals surface area contributed by atoms with E-state index >= 15 is 0 Å². The van der Waals surface area contributed by atoms with Crippen molar-refractivity contribution in [3.05, 3.63) is 0 Å². The Kier molecular flexibility index (Phi) is 6.69. The summed E-state index contributed by atoms with van der Waals surface area (Å²) in [4.78, 5) is 2.55. The van der Waals surface area contributed by atoms with E-state index in [0.717, 1.165) is 37.8 Å². The first-order valence-electron chi connectivity index (χ1n) is 6.21. The van der Waals surface area contributed by atoms with Gasteiger partial charge in [-0.15, -0.1) is 0 Å². The number of thiol groups is 1. The van der Waals surface area contributed by atoms with Crippen molar-refractivity contribution in [1.29, 1.82) is 0 Å². The Labute approximate surface area is 99.8 Å². The molecule has 15 heavy (non-hydrogen) atoms. The highest BCUT2D eigenvalue weighted by Crippen LogP contribution is 2.13. The molecule has 3 heteroatoms. The van der Waals surface area contributed by atoms with Crippen LogP contribution in [-0.2, 0) is 4.74 Å². The predicted octanol–water partition coefficient (Wildman–Crippen LogP) is 2.44. The average Bonchev–Trinajstić information content (AvgIpc) is 2.27. The molecule has 1 aliphatic heterocycles. The van der Waals surface area contributed by atoms with Crippen LogP contribution < -0.4 is 0 Å². The third kappa shape index (κ3) is 5.23. The van der Waals surface area contributed by atoms with Gasteiger partial charge in [0.15, 0.2) is 0 Å². The normalized spacial score (nSPS) is 25.4. The van der Waals surface area contributed by atoms with Crippen LogP contribution in [0.25, 0.3) is 0 Å². The van der Waals surface area contributed by atoms with Gasteiger partial charge in [0.2, 0.25) is 0 Å². The zero-order valence-corrected chi connectivity index (χ0v) is 11.0. The average molecular weight is 231 g/mol. The van der Waals surface area contributed by atoms with Gasteiger partial charge in [-0.1, -0.05) is 13.8 Å². The van der Waals surface area contributed by atoms with Crippen molar-refractivity contribution >= 4 is 12.6 Å². The van der Waals surface area contributed by atoms with Crippen LogP contribution in [0.1, 0.15) is 33.1 Å². The third-order valence-corrected chi connectivity index (χ3v) is 3.50. The fraction of sp³-hybridized carbons (Fsp3) is 1.00. The lowest BCUT2D eigenvalue weighted by atomic mass is 10.0. The zero-order chi connectivity index (χ0) is 11.1. The summed E-state index contributed by atoms with van der Waals surface area (Å²) >= 11 is 4.28. The molecule has 2 unspecified atom stereocenters. The van der Waals surface area contributed by atoms with Crippen LogP contribution in [0.2, 0.25) is 0 Å².